The number of phenolic OH excluding ortho intramolecular Hbond substituents is 6. The van der Waals surface area contributed by atoms with E-state index in [0.29, 0.717) is 0 Å². The lowest BCUT2D eigenvalue weighted by Crippen LogP contribution is -2.32. The summed E-state index contributed by atoms with van der Waals surface area (Å²) in [5.74, 6) is -6.57. The third-order valence-corrected chi connectivity index (χ3v) is 3.55. The Kier molecular flexibility index (Phi) is 6.01. The predicted octanol–water partition coefficient (Wildman–Crippen LogP) is 0.261. The number of rotatable bonds is 6. The fraction of sp³-hybridized carbons (Fsp3) is 0.176. The molecule has 1 atom stereocenters. The maximum absolute atomic E-state index is 12.1. The largest absolute Gasteiger partial charge is 0.504 e. The van der Waals surface area contributed by atoms with E-state index in [9.17, 15) is 40.2 Å². The van der Waals surface area contributed by atoms with Crippen LogP contribution in [-0.4, -0.2) is 61.8 Å². The molecule has 0 radical (unpaired) electrons. The van der Waals surface area contributed by atoms with Gasteiger partial charge in [0.2, 0.25) is 0 Å². The number of hydrogen-bond donors (Lipinski definition) is 7. The van der Waals surface area contributed by atoms with Crippen molar-refractivity contribution in [1.29, 1.82) is 0 Å². The van der Waals surface area contributed by atoms with Gasteiger partial charge in [-0.3, -0.25) is 0 Å². The first-order chi connectivity index (χ1) is 13.1. The summed E-state index contributed by atoms with van der Waals surface area (Å²) in [7, 11) is 0. The molecule has 0 saturated carbocycles. The second-order valence-corrected chi connectivity index (χ2v) is 5.59. The van der Waals surface area contributed by atoms with Gasteiger partial charge in [-0.15, -0.1) is 0 Å². The van der Waals surface area contributed by atoms with Crippen molar-refractivity contribution in [1.82, 2.24) is 0 Å². The van der Waals surface area contributed by atoms with E-state index in [0.717, 1.165) is 24.3 Å². The number of phenols is 6. The average molecular weight is 395 g/mol. The van der Waals surface area contributed by atoms with E-state index < -0.39 is 59.1 Å². The fourth-order valence-corrected chi connectivity index (χ4v) is 2.07. The highest BCUT2D eigenvalue weighted by atomic mass is 16.6. The Morgan fingerprint density at radius 2 is 1.18 bits per heavy atom. The van der Waals surface area contributed by atoms with Crippen LogP contribution in [0.5, 0.6) is 34.5 Å². The van der Waals surface area contributed by atoms with Gasteiger partial charge in [-0.05, 0) is 24.3 Å². The fourth-order valence-electron chi connectivity index (χ4n) is 2.07. The topological polar surface area (TPSA) is 200 Å². The molecular weight excluding hydrogens is 378 g/mol. The minimum atomic E-state index is -1.10. The summed E-state index contributed by atoms with van der Waals surface area (Å²) < 4.78 is 9.90. The molecule has 0 aliphatic carbocycles. The molecule has 0 spiro atoms. The number of carbonyl (C=O) groups is 2. The summed E-state index contributed by atoms with van der Waals surface area (Å²) in [6.07, 6.45) is -1.10. The van der Waals surface area contributed by atoms with E-state index in [4.69, 9.17) is 15.2 Å². The van der Waals surface area contributed by atoms with Gasteiger partial charge in [-0.1, -0.05) is 0 Å². The van der Waals surface area contributed by atoms with Crippen molar-refractivity contribution >= 4 is 11.9 Å². The number of carbonyl (C=O) groups excluding carboxylic acids is 2. The number of benzene rings is 2. The summed E-state index contributed by atoms with van der Waals surface area (Å²) in [4.78, 5) is 24.0. The molecule has 0 aromatic heterocycles. The van der Waals surface area contributed by atoms with Gasteiger partial charge < -0.3 is 45.8 Å². The Balaban J connectivity index is 2.02. The summed E-state index contributed by atoms with van der Waals surface area (Å²) in [5, 5.41) is 56.2. The van der Waals surface area contributed by atoms with E-state index in [2.05, 4.69) is 0 Å². The molecule has 0 amide bonds. The average Bonchev–Trinajstić information content (AvgIpc) is 2.65. The van der Waals surface area contributed by atoms with Crippen LogP contribution in [0, 0.1) is 0 Å². The van der Waals surface area contributed by atoms with Gasteiger partial charge in [-0.25, -0.2) is 9.59 Å². The molecule has 8 N–H and O–H groups in total. The van der Waals surface area contributed by atoms with Gasteiger partial charge in [-0.2, -0.15) is 0 Å². The van der Waals surface area contributed by atoms with Crippen LogP contribution in [0.15, 0.2) is 24.3 Å². The quantitative estimate of drug-likeness (QED) is 0.261. The molecule has 0 saturated heterocycles. The zero-order valence-electron chi connectivity index (χ0n) is 14.2. The molecule has 0 aliphatic heterocycles. The van der Waals surface area contributed by atoms with Crippen molar-refractivity contribution in [2.75, 3.05) is 13.2 Å². The van der Waals surface area contributed by atoms with Crippen LogP contribution < -0.4 is 5.73 Å². The van der Waals surface area contributed by atoms with E-state index >= 15 is 0 Å². The van der Waals surface area contributed by atoms with Crippen molar-refractivity contribution in [3.63, 3.8) is 0 Å². The van der Waals surface area contributed by atoms with Gasteiger partial charge >= 0.3 is 11.9 Å². The van der Waals surface area contributed by atoms with E-state index in [1.165, 1.54) is 0 Å². The first-order valence-electron chi connectivity index (χ1n) is 7.72. The lowest BCUT2D eigenvalue weighted by atomic mass is 10.2. The zero-order chi connectivity index (χ0) is 21.0. The molecule has 1 unspecified atom stereocenters. The highest BCUT2D eigenvalue weighted by Crippen LogP contribution is 2.36. The molecule has 0 aliphatic rings. The van der Waals surface area contributed by atoms with Crippen LogP contribution in [0.25, 0.3) is 0 Å². The number of ether oxygens (including phenoxy) is 2. The lowest BCUT2D eigenvalue weighted by molar-refractivity contribution is 0.00190. The Bertz CT molecular complexity index is 865. The van der Waals surface area contributed by atoms with Gasteiger partial charge in [0, 0.05) is 6.54 Å². The molecule has 28 heavy (non-hydrogen) atoms. The van der Waals surface area contributed by atoms with Crippen molar-refractivity contribution in [2.45, 2.75) is 6.10 Å². The van der Waals surface area contributed by atoms with E-state index in [1.54, 1.807) is 0 Å². The Labute approximate surface area is 157 Å². The zero-order valence-corrected chi connectivity index (χ0v) is 14.2. The highest BCUT2D eigenvalue weighted by Gasteiger charge is 2.21. The maximum Gasteiger partial charge on any atom is 0.338 e. The second kappa shape index (κ2) is 8.22. The standard InChI is InChI=1S/C17H17NO10/c18-5-9(28-17(26)8-3-12(21)15(24)13(22)4-8)6-27-16(25)7-1-10(19)14(23)11(20)2-7/h1-4,9,19-24H,5-6,18H2. The third-order valence-electron chi connectivity index (χ3n) is 3.55. The molecule has 2 aromatic rings. The van der Waals surface area contributed by atoms with Gasteiger partial charge in [0.05, 0.1) is 11.1 Å². The molecule has 0 heterocycles. The van der Waals surface area contributed by atoms with Crippen molar-refractivity contribution in [3.05, 3.63) is 35.4 Å². The van der Waals surface area contributed by atoms with Crippen molar-refractivity contribution in [3.8, 4) is 34.5 Å². The van der Waals surface area contributed by atoms with Crippen LogP contribution in [-0.2, 0) is 9.47 Å². The van der Waals surface area contributed by atoms with Crippen molar-refractivity contribution in [2.24, 2.45) is 5.73 Å². The Morgan fingerprint density at radius 1 is 0.786 bits per heavy atom. The molecule has 0 fully saturated rings. The SMILES string of the molecule is NCC(COC(=O)c1cc(O)c(O)c(O)c1)OC(=O)c1cc(O)c(O)c(O)c1. The first kappa shape index (κ1) is 20.5. The normalized spacial score (nSPS) is 11.6. The van der Waals surface area contributed by atoms with E-state index in [1.807, 2.05) is 0 Å². The third kappa shape index (κ3) is 4.45. The van der Waals surface area contributed by atoms with Crippen LogP contribution in [0.1, 0.15) is 20.7 Å². The predicted molar refractivity (Wildman–Crippen MR) is 91.4 cm³/mol. The summed E-state index contributed by atoms with van der Waals surface area (Å²) in [6, 6.07) is 3.45. The van der Waals surface area contributed by atoms with Crippen LogP contribution in [0.2, 0.25) is 0 Å². The molecule has 11 nitrogen and oxygen atoms in total. The maximum atomic E-state index is 12.1. The number of nitrogens with two attached hydrogens (primary N) is 1. The number of hydrogen-bond acceptors (Lipinski definition) is 11. The summed E-state index contributed by atoms with van der Waals surface area (Å²) in [5.41, 5.74) is 4.89. The molecule has 11 heteroatoms. The van der Waals surface area contributed by atoms with Gasteiger partial charge in [0.1, 0.15) is 12.7 Å². The van der Waals surface area contributed by atoms with E-state index in [-0.39, 0.29) is 17.7 Å². The molecule has 150 valence electrons. The number of aromatic hydroxyl groups is 6. The van der Waals surface area contributed by atoms with Gasteiger partial charge in [0.15, 0.2) is 34.5 Å². The first-order valence-corrected chi connectivity index (χ1v) is 7.72. The molecule has 0 bridgehead atoms. The highest BCUT2D eigenvalue weighted by molar-refractivity contribution is 5.92. The number of esters is 2. The Morgan fingerprint density at radius 3 is 1.57 bits per heavy atom. The molecule has 2 aromatic carbocycles. The molecule has 2 rings (SSSR count). The van der Waals surface area contributed by atoms with Crippen molar-refractivity contribution < 1.29 is 49.7 Å². The Hall–Kier alpha value is -3.86. The minimum absolute atomic E-state index is 0.249. The van der Waals surface area contributed by atoms with Crippen LogP contribution in [0.4, 0.5) is 0 Å². The minimum Gasteiger partial charge on any atom is -0.504 e. The smallest absolute Gasteiger partial charge is 0.338 e. The second-order valence-electron chi connectivity index (χ2n) is 5.59. The molecular formula is C17H17NO10. The van der Waals surface area contributed by atoms with Crippen LogP contribution >= 0.6 is 0 Å². The monoisotopic (exact) mass is 395 g/mol. The van der Waals surface area contributed by atoms with Crippen LogP contribution in [0.3, 0.4) is 0 Å². The summed E-state index contributed by atoms with van der Waals surface area (Å²) in [6.45, 7) is -0.735. The van der Waals surface area contributed by atoms with Gasteiger partial charge in [0.25, 0.3) is 0 Å². The lowest BCUT2D eigenvalue weighted by Gasteiger charge is -2.16. The summed E-state index contributed by atoms with van der Waals surface area (Å²) >= 11 is 0.